The first-order valence-electron chi connectivity index (χ1n) is 4.87. The number of rotatable bonds is 2. The minimum Gasteiger partial charge on any atom is -0.324 e. The topological polar surface area (TPSA) is 29.1 Å². The third kappa shape index (κ3) is 2.29. The summed E-state index contributed by atoms with van der Waals surface area (Å²) in [7, 11) is 0. The number of thioether (sulfide) groups is 1. The molecule has 1 heterocycles. The Morgan fingerprint density at radius 2 is 2.33 bits per heavy atom. The SMILES string of the molecule is CC1Sc2cc(CCCl)ccc2NC1=O. The van der Waals surface area contributed by atoms with E-state index in [0.717, 1.165) is 17.0 Å². The fourth-order valence-corrected chi connectivity index (χ4v) is 2.74. The van der Waals surface area contributed by atoms with E-state index in [1.165, 1.54) is 5.56 Å². The van der Waals surface area contributed by atoms with Crippen molar-refractivity contribution in [2.24, 2.45) is 0 Å². The number of nitrogens with one attached hydrogen (secondary N) is 1. The Balaban J connectivity index is 2.29. The van der Waals surface area contributed by atoms with Gasteiger partial charge in [0.25, 0.3) is 0 Å². The van der Waals surface area contributed by atoms with Gasteiger partial charge < -0.3 is 5.32 Å². The summed E-state index contributed by atoms with van der Waals surface area (Å²) >= 11 is 7.30. The molecule has 0 radical (unpaired) electrons. The van der Waals surface area contributed by atoms with E-state index in [1.54, 1.807) is 11.8 Å². The Labute approximate surface area is 98.4 Å². The highest BCUT2D eigenvalue weighted by atomic mass is 35.5. The Morgan fingerprint density at radius 3 is 3.07 bits per heavy atom. The first kappa shape index (κ1) is 10.8. The Hall–Kier alpha value is -0.670. The molecule has 1 amide bonds. The minimum atomic E-state index is -0.0104. The molecular weight excluding hydrogens is 230 g/mol. The number of alkyl halides is 1. The molecule has 2 nitrogen and oxygen atoms in total. The molecule has 80 valence electrons. The van der Waals surface area contributed by atoms with Crippen molar-refractivity contribution in [1.29, 1.82) is 0 Å². The smallest absolute Gasteiger partial charge is 0.237 e. The van der Waals surface area contributed by atoms with Gasteiger partial charge in [0.15, 0.2) is 0 Å². The fraction of sp³-hybridized carbons (Fsp3) is 0.364. The van der Waals surface area contributed by atoms with Crippen LogP contribution >= 0.6 is 23.4 Å². The summed E-state index contributed by atoms with van der Waals surface area (Å²) in [6.07, 6.45) is 0.873. The van der Waals surface area contributed by atoms with E-state index in [4.69, 9.17) is 11.6 Å². The first-order chi connectivity index (χ1) is 7.20. The molecule has 0 saturated carbocycles. The molecule has 1 aromatic carbocycles. The number of hydrogen-bond donors (Lipinski definition) is 1. The number of halogens is 1. The minimum absolute atomic E-state index is 0.0104. The van der Waals surface area contributed by atoms with Crippen molar-refractivity contribution >= 4 is 35.0 Å². The van der Waals surface area contributed by atoms with E-state index in [9.17, 15) is 4.79 Å². The predicted octanol–water partition coefficient (Wildman–Crippen LogP) is 2.90. The lowest BCUT2D eigenvalue weighted by Gasteiger charge is -2.21. The predicted molar refractivity (Wildman–Crippen MR) is 64.8 cm³/mol. The number of hydrogen-bond acceptors (Lipinski definition) is 2. The van der Waals surface area contributed by atoms with Gasteiger partial charge in [-0.1, -0.05) is 6.07 Å². The lowest BCUT2D eigenvalue weighted by molar-refractivity contribution is -0.115. The molecule has 1 aliphatic rings. The molecule has 1 unspecified atom stereocenters. The van der Waals surface area contributed by atoms with Crippen LogP contribution in [-0.2, 0) is 11.2 Å². The van der Waals surface area contributed by atoms with Gasteiger partial charge in [-0.3, -0.25) is 4.79 Å². The van der Waals surface area contributed by atoms with Crippen LogP contribution in [0.25, 0.3) is 0 Å². The van der Waals surface area contributed by atoms with Gasteiger partial charge in [-0.25, -0.2) is 0 Å². The van der Waals surface area contributed by atoms with Crippen molar-refractivity contribution in [1.82, 2.24) is 0 Å². The summed E-state index contributed by atoms with van der Waals surface area (Å²) in [6, 6.07) is 6.07. The van der Waals surface area contributed by atoms with Gasteiger partial charge in [-0.2, -0.15) is 0 Å². The van der Waals surface area contributed by atoms with Crippen molar-refractivity contribution < 1.29 is 4.79 Å². The molecule has 0 fully saturated rings. The molecule has 4 heteroatoms. The fourth-order valence-electron chi connectivity index (χ4n) is 1.51. The lowest BCUT2D eigenvalue weighted by atomic mass is 10.1. The monoisotopic (exact) mass is 241 g/mol. The standard InChI is InChI=1S/C11H12ClNOS/c1-7-11(14)13-9-3-2-8(4-5-12)6-10(9)15-7/h2-3,6-7H,4-5H2,1H3,(H,13,14). The molecular formula is C11H12ClNOS. The maximum Gasteiger partial charge on any atom is 0.237 e. The van der Waals surface area contributed by atoms with Crippen LogP contribution in [0.15, 0.2) is 23.1 Å². The number of carbonyl (C=O) groups excluding carboxylic acids is 1. The van der Waals surface area contributed by atoms with Gasteiger partial charge in [-0.05, 0) is 31.0 Å². The zero-order valence-corrected chi connectivity index (χ0v) is 9.99. The third-order valence-electron chi connectivity index (χ3n) is 2.36. The van der Waals surface area contributed by atoms with Crippen LogP contribution in [-0.4, -0.2) is 17.0 Å². The van der Waals surface area contributed by atoms with Crippen LogP contribution in [0.2, 0.25) is 0 Å². The second-order valence-corrected chi connectivity index (χ2v) is 5.28. The van der Waals surface area contributed by atoms with Crippen molar-refractivity contribution in [3.05, 3.63) is 23.8 Å². The van der Waals surface area contributed by atoms with E-state index in [1.807, 2.05) is 19.1 Å². The molecule has 0 aromatic heterocycles. The normalized spacial score (nSPS) is 19.6. The molecule has 2 rings (SSSR count). The van der Waals surface area contributed by atoms with E-state index < -0.39 is 0 Å². The molecule has 0 saturated heterocycles. The van der Waals surface area contributed by atoms with Gasteiger partial charge in [0.05, 0.1) is 10.9 Å². The van der Waals surface area contributed by atoms with E-state index >= 15 is 0 Å². The largest absolute Gasteiger partial charge is 0.324 e. The maximum atomic E-state index is 11.4. The summed E-state index contributed by atoms with van der Waals surface area (Å²) in [4.78, 5) is 12.6. The average molecular weight is 242 g/mol. The van der Waals surface area contributed by atoms with Gasteiger partial charge in [0.1, 0.15) is 0 Å². The zero-order chi connectivity index (χ0) is 10.8. The van der Waals surface area contributed by atoms with Crippen LogP contribution in [0.1, 0.15) is 12.5 Å². The quantitative estimate of drug-likeness (QED) is 0.807. The first-order valence-corrected chi connectivity index (χ1v) is 6.28. The molecule has 15 heavy (non-hydrogen) atoms. The summed E-state index contributed by atoms with van der Waals surface area (Å²) in [5.74, 6) is 0.711. The van der Waals surface area contributed by atoms with Crippen LogP contribution in [0.3, 0.4) is 0 Å². The summed E-state index contributed by atoms with van der Waals surface area (Å²) in [6.45, 7) is 1.91. The molecule has 1 N–H and O–H groups in total. The lowest BCUT2D eigenvalue weighted by Crippen LogP contribution is -2.26. The van der Waals surface area contributed by atoms with Gasteiger partial charge >= 0.3 is 0 Å². The van der Waals surface area contributed by atoms with E-state index in [2.05, 4.69) is 11.4 Å². The Morgan fingerprint density at radius 1 is 1.53 bits per heavy atom. The van der Waals surface area contributed by atoms with Crippen molar-refractivity contribution in [2.75, 3.05) is 11.2 Å². The Bertz CT molecular complexity index is 394. The maximum absolute atomic E-state index is 11.4. The van der Waals surface area contributed by atoms with Crippen molar-refractivity contribution in [3.8, 4) is 0 Å². The molecule has 1 aliphatic heterocycles. The zero-order valence-electron chi connectivity index (χ0n) is 8.42. The highest BCUT2D eigenvalue weighted by Gasteiger charge is 2.22. The van der Waals surface area contributed by atoms with Crippen LogP contribution < -0.4 is 5.32 Å². The highest BCUT2D eigenvalue weighted by Crippen LogP contribution is 2.36. The molecule has 0 bridgehead atoms. The number of fused-ring (bicyclic) bond motifs is 1. The molecule has 1 atom stereocenters. The van der Waals surface area contributed by atoms with Crippen LogP contribution in [0.5, 0.6) is 0 Å². The second-order valence-electron chi connectivity index (χ2n) is 3.52. The number of anilines is 1. The van der Waals surface area contributed by atoms with Crippen LogP contribution in [0.4, 0.5) is 5.69 Å². The third-order valence-corrected chi connectivity index (χ3v) is 3.71. The van der Waals surface area contributed by atoms with Gasteiger partial charge in [0.2, 0.25) is 5.91 Å². The van der Waals surface area contributed by atoms with E-state index in [0.29, 0.717) is 5.88 Å². The van der Waals surface area contributed by atoms with Gasteiger partial charge in [0, 0.05) is 10.8 Å². The molecule has 0 aliphatic carbocycles. The van der Waals surface area contributed by atoms with Crippen LogP contribution in [0, 0.1) is 0 Å². The number of aryl methyl sites for hydroxylation is 1. The summed E-state index contributed by atoms with van der Waals surface area (Å²) in [5.41, 5.74) is 2.14. The highest BCUT2D eigenvalue weighted by molar-refractivity contribution is 8.00. The summed E-state index contributed by atoms with van der Waals surface area (Å²) in [5, 5.41) is 2.88. The summed E-state index contributed by atoms with van der Waals surface area (Å²) < 4.78 is 0. The average Bonchev–Trinajstić information content (AvgIpc) is 2.21. The number of benzene rings is 1. The van der Waals surface area contributed by atoms with Crippen molar-refractivity contribution in [2.45, 2.75) is 23.5 Å². The van der Waals surface area contributed by atoms with Gasteiger partial charge in [-0.15, -0.1) is 23.4 Å². The number of carbonyl (C=O) groups is 1. The number of amides is 1. The Kier molecular flexibility index (Phi) is 3.22. The molecule has 1 aromatic rings. The second kappa shape index (κ2) is 4.45. The van der Waals surface area contributed by atoms with E-state index in [-0.39, 0.29) is 11.2 Å². The van der Waals surface area contributed by atoms with Crippen molar-refractivity contribution in [3.63, 3.8) is 0 Å². The molecule has 0 spiro atoms.